The van der Waals surface area contributed by atoms with E-state index in [0.29, 0.717) is 18.0 Å². The number of rotatable bonds is 4. The normalized spacial score (nSPS) is 17.0. The molecule has 1 aromatic carbocycles. The van der Waals surface area contributed by atoms with Gasteiger partial charge < -0.3 is 4.90 Å². The second-order valence-electron chi connectivity index (χ2n) is 9.50. The fourth-order valence-corrected chi connectivity index (χ4v) is 5.32. The van der Waals surface area contributed by atoms with Gasteiger partial charge in [0.05, 0.1) is 0 Å². The van der Waals surface area contributed by atoms with Crippen LogP contribution in [0.3, 0.4) is 0 Å². The van der Waals surface area contributed by atoms with E-state index in [4.69, 9.17) is 4.98 Å². The summed E-state index contributed by atoms with van der Waals surface area (Å²) in [7, 11) is 0. The van der Waals surface area contributed by atoms with Crippen molar-refractivity contribution in [3.05, 3.63) is 81.7 Å². The Morgan fingerprint density at radius 1 is 1.09 bits per heavy atom. The van der Waals surface area contributed by atoms with Crippen molar-refractivity contribution >= 4 is 5.91 Å². The number of aromatic nitrogens is 3. The quantitative estimate of drug-likeness (QED) is 0.565. The maximum atomic E-state index is 13.6. The van der Waals surface area contributed by atoms with Crippen molar-refractivity contribution in [2.45, 2.75) is 64.2 Å². The van der Waals surface area contributed by atoms with Gasteiger partial charge in [0.1, 0.15) is 5.82 Å². The van der Waals surface area contributed by atoms with Crippen LogP contribution in [-0.2, 0) is 19.3 Å². The number of hydrogen-bond donors (Lipinski definition) is 1. The number of carbonyl (C=O) groups is 1. The van der Waals surface area contributed by atoms with E-state index < -0.39 is 0 Å². The van der Waals surface area contributed by atoms with E-state index in [1.807, 2.05) is 17.9 Å². The van der Waals surface area contributed by atoms with Crippen LogP contribution in [0.15, 0.2) is 36.4 Å². The number of carbonyl (C=O) groups excluding carboxylic acids is 1. The van der Waals surface area contributed by atoms with Crippen LogP contribution in [0.2, 0.25) is 0 Å². The molecule has 1 aliphatic carbocycles. The number of hydrogen-bond acceptors (Lipinski definition) is 3. The zero-order valence-electron chi connectivity index (χ0n) is 19.2. The van der Waals surface area contributed by atoms with Crippen molar-refractivity contribution in [2.24, 2.45) is 0 Å². The highest BCUT2D eigenvalue weighted by Gasteiger charge is 2.29. The maximum absolute atomic E-state index is 13.6. The molecule has 0 unspecified atom stereocenters. The van der Waals surface area contributed by atoms with E-state index in [-0.39, 0.29) is 11.7 Å². The number of aryl methyl sites for hydroxylation is 2. The Balaban J connectivity index is 1.26. The smallest absolute Gasteiger partial charge is 0.274 e. The number of piperidine rings is 1. The second kappa shape index (κ2) is 9.46. The summed E-state index contributed by atoms with van der Waals surface area (Å²) in [5.74, 6) is 0.192. The molecular weight excluding hydrogens is 415 g/mol. The topological polar surface area (TPSA) is 61.9 Å². The van der Waals surface area contributed by atoms with Crippen LogP contribution < -0.4 is 0 Å². The number of nitrogens with one attached hydrogen (secondary N) is 1. The monoisotopic (exact) mass is 446 g/mol. The summed E-state index contributed by atoms with van der Waals surface area (Å²) < 4.78 is 13.6. The zero-order valence-corrected chi connectivity index (χ0v) is 19.2. The zero-order chi connectivity index (χ0) is 22.8. The van der Waals surface area contributed by atoms with E-state index in [1.54, 1.807) is 12.1 Å². The molecule has 1 saturated heterocycles. The molecule has 0 saturated carbocycles. The summed E-state index contributed by atoms with van der Waals surface area (Å²) in [5.41, 5.74) is 7.11. The molecular formula is C27H31FN4O. The van der Waals surface area contributed by atoms with E-state index in [1.165, 1.54) is 18.9 Å². The van der Waals surface area contributed by atoms with Crippen molar-refractivity contribution in [1.82, 2.24) is 20.1 Å². The van der Waals surface area contributed by atoms with Crippen LogP contribution >= 0.6 is 0 Å². The first-order chi connectivity index (χ1) is 16.1. The van der Waals surface area contributed by atoms with Crippen LogP contribution in [0.4, 0.5) is 4.39 Å². The SMILES string of the molecule is Cc1cc(Cc2cccc(F)c2)cc(C2CCN(C(=O)c3n[nH]c4c3CCCCC4)CC2)n1. The first-order valence-electron chi connectivity index (χ1n) is 12.1. The molecule has 2 aliphatic rings. The van der Waals surface area contributed by atoms with Crippen molar-refractivity contribution < 1.29 is 9.18 Å². The Morgan fingerprint density at radius 3 is 2.73 bits per heavy atom. The molecule has 1 N–H and O–H groups in total. The van der Waals surface area contributed by atoms with Crippen LogP contribution in [0, 0.1) is 12.7 Å². The minimum absolute atomic E-state index is 0.0665. The Labute approximate surface area is 194 Å². The maximum Gasteiger partial charge on any atom is 0.274 e. The Bertz CT molecular complexity index is 1150. The molecule has 1 fully saturated rings. The number of benzene rings is 1. The number of likely N-dealkylation sites (tertiary alicyclic amines) is 1. The molecule has 2 aromatic heterocycles. The lowest BCUT2D eigenvalue weighted by Gasteiger charge is -2.31. The summed E-state index contributed by atoms with van der Waals surface area (Å²) >= 11 is 0. The Morgan fingerprint density at radius 2 is 1.91 bits per heavy atom. The predicted molar refractivity (Wildman–Crippen MR) is 126 cm³/mol. The van der Waals surface area contributed by atoms with E-state index in [0.717, 1.165) is 79.0 Å². The van der Waals surface area contributed by atoms with Gasteiger partial charge >= 0.3 is 0 Å². The van der Waals surface area contributed by atoms with Crippen molar-refractivity contribution in [3.8, 4) is 0 Å². The van der Waals surface area contributed by atoms with Crippen LogP contribution in [0.1, 0.15) is 82.3 Å². The third kappa shape index (κ3) is 4.85. The number of halogens is 1. The predicted octanol–water partition coefficient (Wildman–Crippen LogP) is 5.13. The van der Waals surface area contributed by atoms with Gasteiger partial charge in [0.15, 0.2) is 5.69 Å². The van der Waals surface area contributed by atoms with Crippen molar-refractivity contribution in [2.75, 3.05) is 13.1 Å². The van der Waals surface area contributed by atoms with Gasteiger partial charge in [-0.1, -0.05) is 18.6 Å². The summed E-state index contributed by atoms with van der Waals surface area (Å²) in [6, 6.07) is 11.0. The average Bonchev–Trinajstić information content (AvgIpc) is 3.06. The molecule has 6 heteroatoms. The largest absolute Gasteiger partial charge is 0.337 e. The van der Waals surface area contributed by atoms with Gasteiger partial charge in [-0.2, -0.15) is 5.10 Å². The molecule has 0 atom stereocenters. The minimum atomic E-state index is -0.204. The van der Waals surface area contributed by atoms with Crippen LogP contribution in [0.5, 0.6) is 0 Å². The summed E-state index contributed by atoms with van der Waals surface area (Å²) in [5, 5.41) is 7.53. The first-order valence-corrected chi connectivity index (χ1v) is 12.1. The highest BCUT2D eigenvalue weighted by Crippen LogP contribution is 2.30. The number of fused-ring (bicyclic) bond motifs is 1. The van der Waals surface area contributed by atoms with Crippen LogP contribution in [0.25, 0.3) is 0 Å². The molecule has 0 bridgehead atoms. The molecule has 0 spiro atoms. The van der Waals surface area contributed by atoms with E-state index >= 15 is 0 Å². The van der Waals surface area contributed by atoms with Crippen molar-refractivity contribution in [1.29, 1.82) is 0 Å². The second-order valence-corrected chi connectivity index (χ2v) is 9.50. The van der Waals surface area contributed by atoms with Gasteiger partial charge in [-0.05, 0) is 87.3 Å². The lowest BCUT2D eigenvalue weighted by molar-refractivity contribution is 0.0705. The summed E-state index contributed by atoms with van der Waals surface area (Å²) in [6.07, 6.45) is 7.94. The average molecular weight is 447 g/mol. The molecule has 3 aromatic rings. The standard InChI is InChI=1S/C27H31FN4O/c1-18-14-20(15-19-6-5-7-22(28)16-19)17-25(29-18)21-10-12-32(13-11-21)27(33)26-23-8-3-2-4-9-24(23)30-31-26/h5-7,14,16-17,21H,2-4,8-13,15H2,1H3,(H,30,31). The lowest BCUT2D eigenvalue weighted by Crippen LogP contribution is -2.38. The number of pyridine rings is 1. The molecule has 1 aliphatic heterocycles. The first kappa shape index (κ1) is 21.8. The van der Waals surface area contributed by atoms with Gasteiger partial charge in [-0.3, -0.25) is 14.9 Å². The van der Waals surface area contributed by atoms with Gasteiger partial charge in [0.2, 0.25) is 0 Å². The van der Waals surface area contributed by atoms with Gasteiger partial charge in [-0.25, -0.2) is 4.39 Å². The fourth-order valence-electron chi connectivity index (χ4n) is 5.32. The Kier molecular flexibility index (Phi) is 6.25. The minimum Gasteiger partial charge on any atom is -0.337 e. The third-order valence-electron chi connectivity index (χ3n) is 7.04. The fraction of sp³-hybridized carbons (Fsp3) is 0.444. The molecule has 1 amide bonds. The van der Waals surface area contributed by atoms with Crippen molar-refractivity contribution in [3.63, 3.8) is 0 Å². The number of amides is 1. The van der Waals surface area contributed by atoms with E-state index in [2.05, 4.69) is 22.3 Å². The Hall–Kier alpha value is -3.02. The number of aromatic amines is 1. The third-order valence-corrected chi connectivity index (χ3v) is 7.04. The highest BCUT2D eigenvalue weighted by atomic mass is 19.1. The molecule has 172 valence electrons. The molecule has 0 radical (unpaired) electrons. The summed E-state index contributed by atoms with van der Waals surface area (Å²) in [6.45, 7) is 3.46. The summed E-state index contributed by atoms with van der Waals surface area (Å²) in [4.78, 5) is 20.0. The number of nitrogens with zero attached hydrogens (tertiary/aromatic N) is 3. The van der Waals surface area contributed by atoms with Gasteiger partial charge in [-0.15, -0.1) is 0 Å². The van der Waals surface area contributed by atoms with Gasteiger partial charge in [0.25, 0.3) is 5.91 Å². The molecule has 5 nitrogen and oxygen atoms in total. The van der Waals surface area contributed by atoms with Gasteiger partial charge in [0, 0.05) is 41.7 Å². The van der Waals surface area contributed by atoms with Crippen LogP contribution in [-0.4, -0.2) is 39.1 Å². The van der Waals surface area contributed by atoms with E-state index in [9.17, 15) is 9.18 Å². The molecule has 5 rings (SSSR count). The highest BCUT2D eigenvalue weighted by molar-refractivity contribution is 5.94. The number of H-pyrrole nitrogens is 1. The molecule has 33 heavy (non-hydrogen) atoms. The lowest BCUT2D eigenvalue weighted by atomic mass is 9.91. The molecule has 3 heterocycles.